The van der Waals surface area contributed by atoms with Crippen LogP contribution in [0.2, 0.25) is 0 Å². The van der Waals surface area contributed by atoms with Gasteiger partial charge in [0.15, 0.2) is 23.0 Å². The second-order valence-corrected chi connectivity index (χ2v) is 10.1. The first-order valence-corrected chi connectivity index (χ1v) is 14.4. The number of nitrogens with zero attached hydrogens (tertiary/aromatic N) is 2. The van der Waals surface area contributed by atoms with Crippen molar-refractivity contribution in [2.75, 3.05) is 27.4 Å². The van der Waals surface area contributed by atoms with Crippen molar-refractivity contribution in [3.8, 4) is 40.6 Å². The van der Waals surface area contributed by atoms with Crippen LogP contribution < -0.4 is 28.4 Å². The van der Waals surface area contributed by atoms with E-state index in [0.29, 0.717) is 66.1 Å². The van der Waals surface area contributed by atoms with Crippen molar-refractivity contribution < 1.29 is 38.5 Å². The molecule has 0 amide bonds. The molecule has 1 N–H and O–H groups in total. The fraction of sp³-hybridized carbons (Fsp3) is 0.581. The van der Waals surface area contributed by atoms with Crippen LogP contribution in [0.3, 0.4) is 0 Å². The second-order valence-electron chi connectivity index (χ2n) is 10.1. The molecule has 1 aliphatic rings. The van der Waals surface area contributed by atoms with Crippen LogP contribution in [0, 0.1) is 27.4 Å². The molecular formula is C31H42N2O9. The van der Waals surface area contributed by atoms with Gasteiger partial charge in [-0.3, -0.25) is 10.1 Å². The van der Waals surface area contributed by atoms with Gasteiger partial charge in [-0.05, 0) is 50.8 Å². The van der Waals surface area contributed by atoms with E-state index in [1.165, 1.54) is 14.2 Å². The van der Waals surface area contributed by atoms with Crippen molar-refractivity contribution >= 4 is 0 Å². The Bertz CT molecular complexity index is 1220. The molecular weight excluding hydrogens is 544 g/mol. The van der Waals surface area contributed by atoms with Gasteiger partial charge in [0.2, 0.25) is 23.8 Å². The summed E-state index contributed by atoms with van der Waals surface area (Å²) in [6.07, 6.45) is -1.07. The van der Waals surface area contributed by atoms with Gasteiger partial charge in [-0.15, -0.1) is 0 Å². The van der Waals surface area contributed by atoms with E-state index < -0.39 is 28.8 Å². The first-order valence-electron chi connectivity index (χ1n) is 14.4. The number of fused-ring (bicyclic) bond motifs is 1. The lowest BCUT2D eigenvalue weighted by molar-refractivity contribution is -0.538. The van der Waals surface area contributed by atoms with E-state index in [9.17, 15) is 20.5 Å². The first kappa shape index (κ1) is 32.6. The van der Waals surface area contributed by atoms with E-state index in [2.05, 4.69) is 6.07 Å². The summed E-state index contributed by atoms with van der Waals surface area (Å²) in [6.45, 7) is 8.29. The van der Waals surface area contributed by atoms with E-state index in [1.807, 2.05) is 27.7 Å². The SMILES string of the molecule is CCOc1cc(C(C#N)(CCC(O)C(CC2Oc3ccccc3O2)[N+](=O)[O-])C(CC)CC)c(OCC)c(OC)c1OC. The molecule has 0 radical (unpaired) electrons. The van der Waals surface area contributed by atoms with Crippen LogP contribution in [-0.2, 0) is 5.41 Å². The van der Waals surface area contributed by atoms with Gasteiger partial charge in [0.1, 0.15) is 6.10 Å². The molecule has 2 aromatic carbocycles. The molecule has 3 rings (SSSR count). The Kier molecular flexibility index (Phi) is 11.5. The normalized spacial score (nSPS) is 15.4. The van der Waals surface area contributed by atoms with Crippen molar-refractivity contribution in [2.24, 2.45) is 5.92 Å². The first-order chi connectivity index (χ1) is 20.2. The van der Waals surface area contributed by atoms with Crippen molar-refractivity contribution in [3.05, 3.63) is 46.0 Å². The van der Waals surface area contributed by atoms with Crippen LogP contribution in [0.15, 0.2) is 30.3 Å². The molecule has 2 aromatic rings. The highest BCUT2D eigenvalue weighted by Crippen LogP contribution is 2.54. The fourth-order valence-electron chi connectivity index (χ4n) is 5.81. The summed E-state index contributed by atoms with van der Waals surface area (Å²) in [5.74, 6) is 2.20. The van der Waals surface area contributed by atoms with Gasteiger partial charge in [0.05, 0.1) is 45.3 Å². The minimum atomic E-state index is -1.38. The van der Waals surface area contributed by atoms with Crippen LogP contribution in [0.1, 0.15) is 65.4 Å². The second kappa shape index (κ2) is 14.8. The summed E-state index contributed by atoms with van der Waals surface area (Å²) in [7, 11) is 2.99. The Morgan fingerprint density at radius 2 is 1.62 bits per heavy atom. The smallest absolute Gasteiger partial charge is 0.248 e. The topological polar surface area (TPSA) is 143 Å². The van der Waals surface area contributed by atoms with E-state index in [-0.39, 0.29) is 25.2 Å². The number of para-hydroxylation sites is 2. The average molecular weight is 587 g/mol. The third kappa shape index (κ3) is 6.59. The van der Waals surface area contributed by atoms with E-state index >= 15 is 0 Å². The lowest BCUT2D eigenvalue weighted by atomic mass is 9.65. The summed E-state index contributed by atoms with van der Waals surface area (Å²) in [5.41, 5.74) is -0.664. The van der Waals surface area contributed by atoms with Crippen molar-refractivity contribution in [1.29, 1.82) is 5.26 Å². The molecule has 11 nitrogen and oxygen atoms in total. The monoisotopic (exact) mass is 586 g/mol. The fourth-order valence-corrected chi connectivity index (χ4v) is 5.81. The summed E-state index contributed by atoms with van der Waals surface area (Å²) in [4.78, 5) is 11.6. The van der Waals surface area contributed by atoms with E-state index in [1.54, 1.807) is 30.3 Å². The zero-order valence-electron chi connectivity index (χ0n) is 25.3. The molecule has 230 valence electrons. The number of methoxy groups -OCH3 is 2. The Morgan fingerprint density at radius 1 is 1.02 bits per heavy atom. The molecule has 42 heavy (non-hydrogen) atoms. The number of ether oxygens (including phenoxy) is 6. The summed E-state index contributed by atoms with van der Waals surface area (Å²) >= 11 is 0. The Labute approximate surface area is 247 Å². The summed E-state index contributed by atoms with van der Waals surface area (Å²) in [6, 6.07) is 9.91. The quantitative estimate of drug-likeness (QED) is 0.182. The number of benzene rings is 2. The lowest BCUT2D eigenvalue weighted by Crippen LogP contribution is -2.41. The molecule has 0 bridgehead atoms. The highest BCUT2D eigenvalue weighted by atomic mass is 16.7. The molecule has 3 unspecified atom stereocenters. The predicted octanol–water partition coefficient (Wildman–Crippen LogP) is 5.67. The van der Waals surface area contributed by atoms with Gasteiger partial charge in [-0.25, -0.2) is 0 Å². The van der Waals surface area contributed by atoms with Crippen molar-refractivity contribution in [2.45, 2.75) is 83.6 Å². The number of aliphatic hydroxyl groups excluding tert-OH is 1. The van der Waals surface area contributed by atoms with Crippen molar-refractivity contribution in [1.82, 2.24) is 0 Å². The molecule has 0 saturated heterocycles. The van der Waals surface area contributed by atoms with Crippen LogP contribution >= 0.6 is 0 Å². The average Bonchev–Trinajstić information content (AvgIpc) is 3.41. The van der Waals surface area contributed by atoms with Crippen LogP contribution in [-0.4, -0.2) is 55.9 Å². The van der Waals surface area contributed by atoms with Crippen LogP contribution in [0.5, 0.6) is 34.5 Å². The molecule has 11 heteroatoms. The number of hydrogen-bond acceptors (Lipinski definition) is 10. The summed E-state index contributed by atoms with van der Waals surface area (Å²) in [5, 5.41) is 34.2. The molecule has 0 aliphatic carbocycles. The highest BCUT2D eigenvalue weighted by Gasteiger charge is 2.46. The van der Waals surface area contributed by atoms with Gasteiger partial charge in [-0.1, -0.05) is 38.8 Å². The van der Waals surface area contributed by atoms with Crippen LogP contribution in [0.4, 0.5) is 0 Å². The molecule has 0 aromatic heterocycles. The number of nitro groups is 1. The molecule has 3 atom stereocenters. The van der Waals surface area contributed by atoms with Gasteiger partial charge >= 0.3 is 0 Å². The maximum Gasteiger partial charge on any atom is 0.248 e. The molecule has 1 aliphatic heterocycles. The van der Waals surface area contributed by atoms with Crippen molar-refractivity contribution in [3.63, 3.8) is 0 Å². The third-order valence-corrected chi connectivity index (χ3v) is 7.87. The third-order valence-electron chi connectivity index (χ3n) is 7.87. The predicted molar refractivity (Wildman–Crippen MR) is 155 cm³/mol. The Morgan fingerprint density at radius 3 is 2.10 bits per heavy atom. The summed E-state index contributed by atoms with van der Waals surface area (Å²) < 4.78 is 34.8. The van der Waals surface area contributed by atoms with E-state index in [4.69, 9.17) is 28.4 Å². The molecule has 1 heterocycles. The number of rotatable bonds is 17. The number of aliphatic hydroxyl groups is 1. The number of hydrogen-bond donors (Lipinski definition) is 1. The molecule has 0 fully saturated rings. The zero-order valence-corrected chi connectivity index (χ0v) is 25.3. The van der Waals surface area contributed by atoms with Gasteiger partial charge in [-0.2, -0.15) is 5.26 Å². The van der Waals surface area contributed by atoms with Gasteiger partial charge in [0.25, 0.3) is 0 Å². The molecule has 0 saturated carbocycles. The maximum atomic E-state index is 12.1. The van der Waals surface area contributed by atoms with E-state index in [0.717, 1.165) is 0 Å². The Balaban J connectivity index is 2.02. The maximum absolute atomic E-state index is 12.1. The number of nitriles is 1. The van der Waals surface area contributed by atoms with Gasteiger partial charge < -0.3 is 33.5 Å². The minimum absolute atomic E-state index is 0.0285. The van der Waals surface area contributed by atoms with Crippen LogP contribution in [0.25, 0.3) is 0 Å². The largest absolute Gasteiger partial charge is 0.490 e. The molecule has 0 spiro atoms. The lowest BCUT2D eigenvalue weighted by Gasteiger charge is -2.37. The highest BCUT2D eigenvalue weighted by molar-refractivity contribution is 5.65. The minimum Gasteiger partial charge on any atom is -0.490 e. The Hall–Kier alpha value is -3.91. The van der Waals surface area contributed by atoms with Gasteiger partial charge in [0, 0.05) is 10.5 Å². The zero-order chi connectivity index (χ0) is 30.9. The standard InChI is InChI=1S/C31H42N2O9/c1-7-20(8-2)31(19-32,21-17-26(39-9-3)29(37-5)30(38-6)28(21)40-10-4)16-15-23(34)22(33(35)36)18-27-41-24-13-11-12-14-25(24)42-27/h11-14,17,20,22-23,27,34H,7-10,15-16,18H2,1-6H3.